The number of carbonyl (C=O) groups excluding carboxylic acids is 3. The molecule has 0 aromatic carbocycles. The summed E-state index contributed by atoms with van der Waals surface area (Å²) in [5.74, 6) is -1.31. The largest absolute Gasteiger partial charge is 0.459 e. The fraction of sp³-hybridized carbons (Fsp3) is 0.769. The molecular weight excluding hydrogens is 248 g/mol. The van der Waals surface area contributed by atoms with Crippen molar-refractivity contribution in [1.82, 2.24) is 10.2 Å². The van der Waals surface area contributed by atoms with E-state index in [1.54, 1.807) is 6.92 Å². The molecule has 1 N–H and O–H groups in total. The number of likely N-dealkylation sites (tertiary alicyclic amines) is 1. The van der Waals surface area contributed by atoms with E-state index in [9.17, 15) is 14.4 Å². The fourth-order valence-electron chi connectivity index (χ4n) is 3.12. The number of hydrogen-bond donors (Lipinski definition) is 1. The zero-order chi connectivity index (χ0) is 14.3. The van der Waals surface area contributed by atoms with E-state index in [2.05, 4.69) is 5.32 Å². The number of fused-ring (bicyclic) bond motifs is 2. The number of carbonyl (C=O) groups is 3. The van der Waals surface area contributed by atoms with Crippen molar-refractivity contribution >= 4 is 17.7 Å². The van der Waals surface area contributed by atoms with Gasteiger partial charge in [0.15, 0.2) is 5.78 Å². The molecule has 2 fully saturated rings. The summed E-state index contributed by atoms with van der Waals surface area (Å²) in [6, 6.07) is 0. The molecule has 0 unspecified atom stereocenters. The second kappa shape index (κ2) is 4.59. The maximum Gasteiger partial charge on any atom is 0.397 e. The van der Waals surface area contributed by atoms with Crippen molar-refractivity contribution in [3.63, 3.8) is 0 Å². The van der Waals surface area contributed by atoms with Crippen molar-refractivity contribution in [3.8, 4) is 0 Å². The van der Waals surface area contributed by atoms with Gasteiger partial charge in [-0.05, 0) is 20.8 Å². The Morgan fingerprint density at radius 1 is 1.26 bits per heavy atom. The van der Waals surface area contributed by atoms with Gasteiger partial charge in [-0.3, -0.25) is 9.59 Å². The minimum absolute atomic E-state index is 0.173. The lowest BCUT2D eigenvalue weighted by atomic mass is 9.65. The van der Waals surface area contributed by atoms with Crippen LogP contribution in [-0.2, 0) is 19.1 Å². The van der Waals surface area contributed by atoms with Crippen molar-refractivity contribution in [1.29, 1.82) is 0 Å². The number of rotatable bonds is 1. The molecule has 0 radical (unpaired) electrons. The summed E-state index contributed by atoms with van der Waals surface area (Å²) in [6.45, 7) is 7.12. The van der Waals surface area contributed by atoms with Gasteiger partial charge in [-0.15, -0.1) is 0 Å². The number of ether oxygens (including phenoxy) is 1. The van der Waals surface area contributed by atoms with Crippen LogP contribution in [0.3, 0.4) is 0 Å². The summed E-state index contributed by atoms with van der Waals surface area (Å²) < 4.78 is 4.74. The first-order valence-electron chi connectivity index (χ1n) is 6.54. The zero-order valence-electron chi connectivity index (χ0n) is 11.6. The number of piperidine rings is 2. The van der Waals surface area contributed by atoms with Crippen LogP contribution in [0.15, 0.2) is 0 Å². The van der Waals surface area contributed by atoms with Crippen molar-refractivity contribution in [2.75, 3.05) is 32.8 Å². The van der Waals surface area contributed by atoms with Crippen LogP contribution in [0.4, 0.5) is 0 Å². The Balaban J connectivity index is 2.20. The molecule has 2 saturated heterocycles. The lowest BCUT2D eigenvalue weighted by molar-refractivity contribution is -0.167. The molecule has 0 saturated carbocycles. The summed E-state index contributed by atoms with van der Waals surface area (Å²) in [7, 11) is 0. The molecule has 2 aliphatic rings. The van der Waals surface area contributed by atoms with E-state index < -0.39 is 22.7 Å². The van der Waals surface area contributed by atoms with E-state index in [4.69, 9.17) is 4.74 Å². The first-order chi connectivity index (χ1) is 8.82. The number of Topliss-reactive ketones (excluding diaryl/α,β-unsaturated/α-hetero) is 1. The van der Waals surface area contributed by atoms with Crippen LogP contribution in [0.2, 0.25) is 0 Å². The Labute approximate surface area is 112 Å². The van der Waals surface area contributed by atoms with Gasteiger partial charge in [0.1, 0.15) is 0 Å². The molecule has 2 rings (SSSR count). The summed E-state index contributed by atoms with van der Waals surface area (Å²) in [5, 5.41) is 3.24. The molecule has 6 heteroatoms. The van der Waals surface area contributed by atoms with Crippen molar-refractivity contribution in [2.45, 2.75) is 20.8 Å². The van der Waals surface area contributed by atoms with Gasteiger partial charge in [-0.2, -0.15) is 0 Å². The van der Waals surface area contributed by atoms with E-state index in [1.807, 2.05) is 13.8 Å². The normalized spacial score (nSPS) is 34.1. The Morgan fingerprint density at radius 2 is 1.79 bits per heavy atom. The number of hydrogen-bond acceptors (Lipinski definition) is 5. The molecule has 0 spiro atoms. The van der Waals surface area contributed by atoms with Gasteiger partial charge in [-0.25, -0.2) is 4.79 Å². The van der Waals surface area contributed by atoms with Crippen LogP contribution < -0.4 is 5.32 Å². The van der Waals surface area contributed by atoms with Crippen LogP contribution in [-0.4, -0.2) is 55.3 Å². The molecule has 0 aliphatic carbocycles. The fourth-order valence-corrected chi connectivity index (χ4v) is 3.12. The number of amides is 1. The van der Waals surface area contributed by atoms with Crippen molar-refractivity contribution in [3.05, 3.63) is 0 Å². The predicted octanol–water partition coefficient (Wildman–Crippen LogP) is -0.423. The summed E-state index contributed by atoms with van der Waals surface area (Å²) in [5.41, 5.74) is -1.24. The highest BCUT2D eigenvalue weighted by atomic mass is 16.5. The highest BCUT2D eigenvalue weighted by Gasteiger charge is 2.54. The van der Waals surface area contributed by atoms with Gasteiger partial charge >= 0.3 is 11.9 Å². The summed E-state index contributed by atoms with van der Waals surface area (Å²) in [4.78, 5) is 37.4. The van der Waals surface area contributed by atoms with Crippen LogP contribution in [0, 0.1) is 10.8 Å². The van der Waals surface area contributed by atoms with Crippen molar-refractivity contribution < 1.29 is 19.1 Å². The number of esters is 1. The average molecular weight is 268 g/mol. The number of nitrogens with zero attached hydrogens (tertiary/aromatic N) is 1. The second-order valence-corrected chi connectivity index (χ2v) is 5.94. The standard InChI is InChI=1S/C13H20N2O4/c1-4-19-10(17)9(16)15-7-12(2)5-14-6-13(3,8-15)11(12)18/h14H,4-8H2,1-3H3/t12-,13-/m1/s1. The van der Waals surface area contributed by atoms with Gasteiger partial charge in [-0.1, -0.05) is 0 Å². The summed E-state index contributed by atoms with van der Waals surface area (Å²) in [6.07, 6.45) is 0. The highest BCUT2D eigenvalue weighted by Crippen LogP contribution is 2.39. The van der Waals surface area contributed by atoms with Gasteiger partial charge < -0.3 is 15.0 Å². The SMILES string of the molecule is CCOC(=O)C(=O)N1C[C@@]2(C)CNC[C@](C)(C1)C2=O. The lowest BCUT2D eigenvalue weighted by Crippen LogP contribution is -2.68. The Bertz CT molecular complexity index is 414. The molecule has 106 valence electrons. The molecule has 1 amide bonds. The van der Waals surface area contributed by atoms with E-state index in [0.29, 0.717) is 13.1 Å². The smallest absolute Gasteiger partial charge is 0.397 e. The Morgan fingerprint density at radius 3 is 2.26 bits per heavy atom. The van der Waals surface area contributed by atoms with Crippen LogP contribution in [0.25, 0.3) is 0 Å². The van der Waals surface area contributed by atoms with Gasteiger partial charge in [0, 0.05) is 26.2 Å². The molecule has 2 bridgehead atoms. The van der Waals surface area contributed by atoms with Crippen LogP contribution in [0.5, 0.6) is 0 Å². The lowest BCUT2D eigenvalue weighted by Gasteiger charge is -2.51. The van der Waals surface area contributed by atoms with E-state index >= 15 is 0 Å². The van der Waals surface area contributed by atoms with E-state index in [-0.39, 0.29) is 25.5 Å². The number of ketones is 1. The molecule has 0 aromatic rings. The third-order valence-corrected chi connectivity index (χ3v) is 3.94. The molecule has 19 heavy (non-hydrogen) atoms. The maximum absolute atomic E-state index is 12.4. The van der Waals surface area contributed by atoms with Crippen LogP contribution >= 0.6 is 0 Å². The quantitative estimate of drug-likeness (QED) is 0.516. The molecule has 2 aliphatic heterocycles. The Hall–Kier alpha value is -1.43. The average Bonchev–Trinajstić information content (AvgIpc) is 2.33. The predicted molar refractivity (Wildman–Crippen MR) is 67.3 cm³/mol. The van der Waals surface area contributed by atoms with Crippen molar-refractivity contribution in [2.24, 2.45) is 10.8 Å². The van der Waals surface area contributed by atoms with Gasteiger partial charge in [0.05, 0.1) is 17.4 Å². The minimum atomic E-state index is -0.838. The third-order valence-electron chi connectivity index (χ3n) is 3.94. The summed E-state index contributed by atoms with van der Waals surface area (Å²) >= 11 is 0. The second-order valence-electron chi connectivity index (χ2n) is 5.94. The topological polar surface area (TPSA) is 75.7 Å². The first-order valence-corrected chi connectivity index (χ1v) is 6.54. The van der Waals surface area contributed by atoms with Gasteiger partial charge in [0.2, 0.25) is 0 Å². The van der Waals surface area contributed by atoms with E-state index in [0.717, 1.165) is 0 Å². The molecule has 0 aromatic heterocycles. The first kappa shape index (κ1) is 14.0. The molecule has 2 heterocycles. The zero-order valence-corrected chi connectivity index (χ0v) is 11.6. The monoisotopic (exact) mass is 268 g/mol. The van der Waals surface area contributed by atoms with E-state index in [1.165, 1.54) is 4.90 Å². The number of nitrogens with one attached hydrogen (secondary N) is 1. The minimum Gasteiger partial charge on any atom is -0.459 e. The Kier molecular flexibility index (Phi) is 3.38. The third kappa shape index (κ3) is 2.25. The van der Waals surface area contributed by atoms with Gasteiger partial charge in [0.25, 0.3) is 0 Å². The molecular formula is C13H20N2O4. The van der Waals surface area contributed by atoms with Crippen LogP contribution in [0.1, 0.15) is 20.8 Å². The molecule has 6 nitrogen and oxygen atoms in total. The highest BCUT2D eigenvalue weighted by molar-refractivity contribution is 6.32. The molecule has 2 atom stereocenters. The maximum atomic E-state index is 12.4.